The number of fused-ring (bicyclic) bond motifs is 3. The first kappa shape index (κ1) is 44.7. The summed E-state index contributed by atoms with van der Waals surface area (Å²) in [5.41, 5.74) is 5.50. The highest BCUT2D eigenvalue weighted by atomic mass is 16.8. The van der Waals surface area contributed by atoms with E-state index >= 15 is 4.79 Å². The van der Waals surface area contributed by atoms with E-state index in [0.29, 0.717) is 61.0 Å². The van der Waals surface area contributed by atoms with Crippen LogP contribution in [-0.4, -0.2) is 84.6 Å². The standard InChI is InChI=1S/C51H64N2O10/c1-5-22-53(50(56)36-17-20-44-45(29-36)59-32-58-44)46-31-42(52-63-47-15-9-12-26-57-47)40-28-35(13-7-10-23-54)39(14-8-11-24-55)48-41-30-38(61-37-18-16-33(3)34(4)27-37)19-21-43(41)62-51(46,49(40)48)60-25-6-2/h6,16-21,27-30,35,39,46-49,54-55H,2,5,7-15,22-26,31-32H2,1,3-4H3/t35-,39+,46-,47?,48+,49+,51+/m0/s1. The molecule has 12 heteroatoms. The number of hydrogen-bond donors (Lipinski definition) is 2. The average Bonchev–Trinajstić information content (AvgIpc) is 3.78. The van der Waals surface area contributed by atoms with Crippen LogP contribution >= 0.6 is 0 Å². The minimum absolute atomic E-state index is 0.0713. The van der Waals surface area contributed by atoms with Crippen molar-refractivity contribution in [3.05, 3.63) is 101 Å². The molecule has 3 aliphatic heterocycles. The fourth-order valence-corrected chi connectivity index (χ4v) is 10.4. The molecule has 12 nitrogen and oxygen atoms in total. The quantitative estimate of drug-likeness (QED) is 0.0681. The number of allylic oxidation sites excluding steroid dienone is 1. The van der Waals surface area contributed by atoms with Crippen molar-refractivity contribution in [2.24, 2.45) is 22.9 Å². The Hall–Kier alpha value is -4.88. The van der Waals surface area contributed by atoms with E-state index < -0.39 is 24.0 Å². The number of aliphatic hydroxyl groups excluding tert-OH is 2. The SMILES string of the molecule is C=CCO[C@@]12Oc3ccc(Oc4ccc(C)c(C)c4)cc3[C@H]3[C@H](CCCCO)[C@@H](CCCCO)C=C(C(=NOC4CCCCO4)C[C@@H]1N(CCC)C(=O)c1ccc4c(c1)OCO4)[C@H]32. The molecule has 0 aromatic heterocycles. The van der Waals surface area contributed by atoms with Gasteiger partial charge in [0, 0.05) is 49.6 Å². The van der Waals surface area contributed by atoms with Crippen LogP contribution < -0.4 is 18.9 Å². The van der Waals surface area contributed by atoms with Crippen LogP contribution in [-0.2, 0) is 14.3 Å². The molecule has 0 spiro atoms. The summed E-state index contributed by atoms with van der Waals surface area (Å²) in [4.78, 5) is 23.4. The first-order chi connectivity index (χ1) is 30.8. The second-order valence-corrected chi connectivity index (χ2v) is 17.6. The second-order valence-electron chi connectivity index (χ2n) is 17.6. The van der Waals surface area contributed by atoms with Gasteiger partial charge in [0.25, 0.3) is 5.91 Å². The molecule has 1 amide bonds. The molecule has 8 rings (SSSR count). The number of amides is 1. The van der Waals surface area contributed by atoms with Gasteiger partial charge in [-0.2, -0.15) is 0 Å². The molecular weight excluding hydrogens is 801 g/mol. The Morgan fingerprint density at radius 2 is 1.71 bits per heavy atom. The zero-order valence-electron chi connectivity index (χ0n) is 37.1. The topological polar surface area (TPSA) is 138 Å². The van der Waals surface area contributed by atoms with Crippen molar-refractivity contribution in [2.45, 2.75) is 115 Å². The largest absolute Gasteiger partial charge is 0.459 e. The van der Waals surface area contributed by atoms with E-state index in [1.165, 1.54) is 5.56 Å². The first-order valence-corrected chi connectivity index (χ1v) is 23.1. The van der Waals surface area contributed by atoms with Gasteiger partial charge in [0.05, 0.1) is 24.8 Å². The van der Waals surface area contributed by atoms with Gasteiger partial charge >= 0.3 is 0 Å². The maximum absolute atomic E-state index is 15.2. The number of unbranched alkanes of at least 4 members (excludes halogenated alkanes) is 2. The highest BCUT2D eigenvalue weighted by molar-refractivity contribution is 6.03. The Morgan fingerprint density at radius 1 is 0.937 bits per heavy atom. The van der Waals surface area contributed by atoms with Crippen LogP contribution in [0.1, 0.15) is 111 Å². The molecule has 1 saturated heterocycles. The maximum Gasteiger partial charge on any atom is 0.254 e. The predicted octanol–water partition coefficient (Wildman–Crippen LogP) is 9.54. The number of nitrogens with zero attached hydrogens (tertiary/aromatic N) is 2. The summed E-state index contributed by atoms with van der Waals surface area (Å²) in [7, 11) is 0. The molecular formula is C51H64N2O10. The van der Waals surface area contributed by atoms with Gasteiger partial charge in [0.1, 0.15) is 23.3 Å². The number of oxime groups is 1. The lowest BCUT2D eigenvalue weighted by Gasteiger charge is -2.60. The molecule has 3 aromatic rings. The van der Waals surface area contributed by atoms with Gasteiger partial charge in [-0.1, -0.05) is 43.1 Å². The van der Waals surface area contributed by atoms with Crippen molar-refractivity contribution < 1.29 is 48.3 Å². The smallest absolute Gasteiger partial charge is 0.254 e. The van der Waals surface area contributed by atoms with Crippen molar-refractivity contribution in [3.63, 3.8) is 0 Å². The second kappa shape index (κ2) is 20.3. The summed E-state index contributed by atoms with van der Waals surface area (Å²) < 4.78 is 38.6. The van der Waals surface area contributed by atoms with Gasteiger partial charge in [-0.15, -0.1) is 6.58 Å². The highest BCUT2D eigenvalue weighted by Crippen LogP contribution is 2.62. The third-order valence-corrected chi connectivity index (χ3v) is 13.5. The lowest BCUT2D eigenvalue weighted by molar-refractivity contribution is -0.254. The van der Waals surface area contributed by atoms with Crippen LogP contribution in [0.15, 0.2) is 84.1 Å². The number of aliphatic hydroxyl groups is 2. The minimum Gasteiger partial charge on any atom is -0.459 e. The molecule has 1 unspecified atom stereocenters. The summed E-state index contributed by atoms with van der Waals surface area (Å²) in [6.07, 6.45) is 12.0. The molecule has 7 atom stereocenters. The van der Waals surface area contributed by atoms with Crippen molar-refractivity contribution in [2.75, 3.05) is 39.8 Å². The molecule has 0 radical (unpaired) electrons. The number of carbonyl (C=O) groups excluding carboxylic acids is 1. The van der Waals surface area contributed by atoms with E-state index in [0.717, 1.165) is 73.1 Å². The zero-order chi connectivity index (χ0) is 43.9. The van der Waals surface area contributed by atoms with Crippen LogP contribution in [0.4, 0.5) is 0 Å². The fourth-order valence-electron chi connectivity index (χ4n) is 10.4. The normalized spacial score (nSPS) is 26.2. The monoisotopic (exact) mass is 864 g/mol. The molecule has 338 valence electrons. The van der Waals surface area contributed by atoms with Crippen LogP contribution in [0, 0.1) is 31.6 Å². The van der Waals surface area contributed by atoms with Crippen molar-refractivity contribution >= 4 is 11.6 Å². The molecule has 3 aromatic carbocycles. The Balaban J connectivity index is 1.32. The number of rotatable bonds is 19. The molecule has 1 saturated carbocycles. The predicted molar refractivity (Wildman–Crippen MR) is 240 cm³/mol. The lowest BCUT2D eigenvalue weighted by Crippen LogP contribution is -2.70. The van der Waals surface area contributed by atoms with E-state index in [1.54, 1.807) is 24.3 Å². The van der Waals surface area contributed by atoms with E-state index in [9.17, 15) is 10.2 Å². The van der Waals surface area contributed by atoms with E-state index in [2.05, 4.69) is 51.6 Å². The molecule has 0 bridgehead atoms. The molecule has 2 N–H and O–H groups in total. The lowest BCUT2D eigenvalue weighted by atomic mass is 9.55. The molecule has 3 heterocycles. The number of hydrogen-bond acceptors (Lipinski definition) is 11. The summed E-state index contributed by atoms with van der Waals surface area (Å²) in [5, 5.41) is 25.0. The van der Waals surface area contributed by atoms with Gasteiger partial charge in [0.2, 0.25) is 18.9 Å². The number of carbonyl (C=O) groups is 1. The Bertz CT molecular complexity index is 2150. The zero-order valence-corrected chi connectivity index (χ0v) is 37.1. The number of benzene rings is 3. The van der Waals surface area contributed by atoms with Crippen LogP contribution in [0.2, 0.25) is 0 Å². The first-order valence-electron chi connectivity index (χ1n) is 23.1. The van der Waals surface area contributed by atoms with E-state index in [-0.39, 0.29) is 56.7 Å². The number of aryl methyl sites for hydroxylation is 2. The van der Waals surface area contributed by atoms with Crippen molar-refractivity contribution in [1.82, 2.24) is 4.90 Å². The fraction of sp³-hybridized carbons (Fsp3) is 0.529. The van der Waals surface area contributed by atoms with E-state index in [4.69, 9.17) is 38.4 Å². The van der Waals surface area contributed by atoms with Gasteiger partial charge in [0.15, 0.2) is 11.5 Å². The summed E-state index contributed by atoms with van der Waals surface area (Å²) in [6, 6.07) is 16.8. The maximum atomic E-state index is 15.2. The van der Waals surface area contributed by atoms with Gasteiger partial charge in [-0.25, -0.2) is 0 Å². The van der Waals surface area contributed by atoms with E-state index in [1.807, 2.05) is 23.1 Å². The average molecular weight is 865 g/mol. The Labute approximate surface area is 371 Å². The molecule has 5 aliphatic rings. The van der Waals surface area contributed by atoms with Crippen molar-refractivity contribution in [1.29, 1.82) is 0 Å². The van der Waals surface area contributed by atoms with Gasteiger partial charge in [-0.05, 0) is 136 Å². The highest BCUT2D eigenvalue weighted by Gasteiger charge is 2.65. The molecule has 2 aliphatic carbocycles. The third kappa shape index (κ3) is 9.37. The number of ether oxygens (including phenoxy) is 6. The minimum atomic E-state index is -1.39. The summed E-state index contributed by atoms with van der Waals surface area (Å²) in [6.45, 7) is 11.8. The van der Waals surface area contributed by atoms with Crippen LogP contribution in [0.3, 0.4) is 0 Å². The van der Waals surface area contributed by atoms with Gasteiger partial charge < -0.3 is 48.4 Å². The van der Waals surface area contributed by atoms with Crippen LogP contribution in [0.5, 0.6) is 28.7 Å². The molecule has 2 fully saturated rings. The summed E-state index contributed by atoms with van der Waals surface area (Å²) >= 11 is 0. The molecule has 63 heavy (non-hydrogen) atoms. The Morgan fingerprint density at radius 3 is 2.48 bits per heavy atom. The van der Waals surface area contributed by atoms with Gasteiger partial charge in [-0.3, -0.25) is 4.79 Å². The summed E-state index contributed by atoms with van der Waals surface area (Å²) in [5.74, 6) is 1.17. The Kier molecular flexibility index (Phi) is 14.4. The third-order valence-electron chi connectivity index (χ3n) is 13.5. The van der Waals surface area contributed by atoms with Crippen LogP contribution in [0.25, 0.3) is 0 Å². The van der Waals surface area contributed by atoms with Crippen molar-refractivity contribution in [3.8, 4) is 28.7 Å².